The summed E-state index contributed by atoms with van der Waals surface area (Å²) in [7, 11) is 0. The van der Waals surface area contributed by atoms with Gasteiger partial charge in [0.05, 0.1) is 5.82 Å². The van der Waals surface area contributed by atoms with Crippen LogP contribution in [0.15, 0.2) is 42.5 Å². The van der Waals surface area contributed by atoms with E-state index in [-0.39, 0.29) is 25.9 Å². The Morgan fingerprint density at radius 1 is 0.958 bits per heavy atom. The van der Waals surface area contributed by atoms with Crippen LogP contribution in [0.25, 0.3) is 17.1 Å². The molecule has 127 valence electrons. The van der Waals surface area contributed by atoms with Crippen molar-refractivity contribution in [1.29, 1.82) is 0 Å². The summed E-state index contributed by atoms with van der Waals surface area (Å²) in [6, 6.07) is 15.0. The zero-order valence-corrected chi connectivity index (χ0v) is 15.2. The fourth-order valence-corrected chi connectivity index (χ4v) is 2.54. The Morgan fingerprint density at radius 2 is 1.62 bits per heavy atom. The number of nitrogens with zero attached hydrogens (tertiary/aromatic N) is 3. The van der Waals surface area contributed by atoms with Crippen molar-refractivity contribution in [3.05, 3.63) is 65.5 Å². The number of alkyl halides is 3. The minimum absolute atomic E-state index is 0. The molecule has 0 atom stereocenters. The fraction of sp³-hybridized carbons (Fsp3) is 0.176. The van der Waals surface area contributed by atoms with Gasteiger partial charge in [-0.05, 0) is 25.0 Å². The number of para-hydroxylation sites is 1. The van der Waals surface area contributed by atoms with Crippen LogP contribution in [0.4, 0.5) is 13.2 Å². The predicted molar refractivity (Wildman–Crippen MR) is 80.1 cm³/mol. The first-order valence-corrected chi connectivity index (χ1v) is 6.96. The number of aryl methyl sites for hydroxylation is 2. The van der Waals surface area contributed by atoms with Crippen molar-refractivity contribution in [2.75, 3.05) is 0 Å². The number of aromatic nitrogens is 3. The number of rotatable bonds is 2. The minimum Gasteiger partial charge on any atom is -0.312 e. The van der Waals surface area contributed by atoms with Crippen LogP contribution in [0.1, 0.15) is 17.0 Å². The Kier molecular flexibility index (Phi) is 5.25. The molecule has 0 saturated heterocycles. The Balaban J connectivity index is 0.00000208. The molecule has 7 heteroatoms. The van der Waals surface area contributed by atoms with Crippen LogP contribution in [0, 0.1) is 19.9 Å². The quantitative estimate of drug-likeness (QED) is 0.482. The van der Waals surface area contributed by atoms with Gasteiger partial charge in [0.2, 0.25) is 5.82 Å². The average molecular weight is 509 g/mol. The number of hydrogen-bond donors (Lipinski definition) is 0. The van der Waals surface area contributed by atoms with Crippen LogP contribution >= 0.6 is 0 Å². The smallest absolute Gasteiger partial charge is 0.312 e. The third-order valence-electron chi connectivity index (χ3n) is 3.53. The first-order chi connectivity index (χ1) is 10.9. The van der Waals surface area contributed by atoms with Crippen molar-refractivity contribution in [3.8, 4) is 17.1 Å². The molecule has 1 heterocycles. The van der Waals surface area contributed by atoms with Gasteiger partial charge in [-0.2, -0.15) is 18.3 Å². The monoisotopic (exact) mass is 509 g/mol. The molecule has 0 aliphatic rings. The second kappa shape index (κ2) is 6.87. The first-order valence-electron chi connectivity index (χ1n) is 6.96. The van der Waals surface area contributed by atoms with Crippen LogP contribution in [0.5, 0.6) is 0 Å². The molecule has 2 aromatic carbocycles. The molecule has 0 unspecified atom stereocenters. The van der Waals surface area contributed by atoms with Gasteiger partial charge in [0.25, 0.3) is 0 Å². The number of benzene rings is 2. The summed E-state index contributed by atoms with van der Waals surface area (Å²) in [5.41, 5.74) is 2.33. The zero-order valence-electron chi connectivity index (χ0n) is 12.9. The predicted octanol–water partition coefficient (Wildman–Crippen LogP) is 4.37. The molecular formula is C17H13F3IrN3-. The van der Waals surface area contributed by atoms with E-state index in [2.05, 4.69) is 16.3 Å². The van der Waals surface area contributed by atoms with E-state index in [0.29, 0.717) is 22.4 Å². The van der Waals surface area contributed by atoms with E-state index < -0.39 is 12.0 Å². The normalized spacial score (nSPS) is 11.2. The van der Waals surface area contributed by atoms with Crippen molar-refractivity contribution >= 4 is 0 Å². The second-order valence-electron chi connectivity index (χ2n) is 5.20. The molecule has 0 amide bonds. The molecule has 0 saturated carbocycles. The van der Waals surface area contributed by atoms with Gasteiger partial charge in [0.1, 0.15) is 0 Å². The van der Waals surface area contributed by atoms with Crippen molar-refractivity contribution in [2.24, 2.45) is 0 Å². The molecular weight excluding hydrogens is 495 g/mol. The maximum absolute atomic E-state index is 13.4. The molecule has 0 bridgehead atoms. The standard InChI is InChI=1S/C17H13F3N3.Ir/c1-11-7-6-8-12(2)14(11)23-15(13-9-4-3-5-10-13)21-22-16(23)17(18,19)20;/h3-9H,1-2H3;/q-1;. The van der Waals surface area contributed by atoms with E-state index in [4.69, 9.17) is 0 Å². The summed E-state index contributed by atoms with van der Waals surface area (Å²) >= 11 is 0. The van der Waals surface area contributed by atoms with Crippen molar-refractivity contribution in [2.45, 2.75) is 20.0 Å². The van der Waals surface area contributed by atoms with E-state index in [1.165, 1.54) is 0 Å². The van der Waals surface area contributed by atoms with Gasteiger partial charge in [-0.25, -0.2) is 0 Å². The molecule has 3 nitrogen and oxygen atoms in total. The summed E-state index contributed by atoms with van der Waals surface area (Å²) in [6.07, 6.45) is -4.60. The van der Waals surface area contributed by atoms with Gasteiger partial charge in [-0.1, -0.05) is 18.2 Å². The maximum Gasteiger partial charge on any atom is 0.451 e. The SMILES string of the molecule is Cc1cccc(C)c1-n1c(-c2[c-]cccc2)nnc1C(F)(F)F.[Ir]. The molecule has 0 aliphatic heterocycles. The summed E-state index contributed by atoms with van der Waals surface area (Å²) in [4.78, 5) is 0. The van der Waals surface area contributed by atoms with E-state index in [1.54, 1.807) is 56.3 Å². The molecule has 0 aliphatic carbocycles. The number of halogens is 3. The van der Waals surface area contributed by atoms with Crippen LogP contribution in [0.2, 0.25) is 0 Å². The van der Waals surface area contributed by atoms with Gasteiger partial charge < -0.3 is 4.57 Å². The summed E-state index contributed by atoms with van der Waals surface area (Å²) in [5, 5.41) is 7.16. The summed E-state index contributed by atoms with van der Waals surface area (Å²) in [5.74, 6) is -0.919. The van der Waals surface area contributed by atoms with Gasteiger partial charge in [-0.3, -0.25) is 0 Å². The molecule has 0 N–H and O–H groups in total. The zero-order chi connectivity index (χ0) is 16.6. The molecule has 3 aromatic rings. The largest absolute Gasteiger partial charge is 0.451 e. The topological polar surface area (TPSA) is 30.7 Å². The second-order valence-corrected chi connectivity index (χ2v) is 5.20. The average Bonchev–Trinajstić information content (AvgIpc) is 2.93. The molecule has 3 rings (SSSR count). The molecule has 24 heavy (non-hydrogen) atoms. The van der Waals surface area contributed by atoms with E-state index in [9.17, 15) is 13.2 Å². The van der Waals surface area contributed by atoms with Crippen LogP contribution < -0.4 is 0 Å². The van der Waals surface area contributed by atoms with Crippen molar-refractivity contribution < 1.29 is 33.3 Å². The Morgan fingerprint density at radius 3 is 2.17 bits per heavy atom. The summed E-state index contributed by atoms with van der Waals surface area (Å²) < 4.78 is 41.2. The molecule has 1 aromatic heterocycles. The van der Waals surface area contributed by atoms with E-state index in [0.717, 1.165) is 4.57 Å². The summed E-state index contributed by atoms with van der Waals surface area (Å²) in [6.45, 7) is 3.53. The Labute approximate surface area is 150 Å². The van der Waals surface area contributed by atoms with Crippen LogP contribution in [-0.2, 0) is 26.3 Å². The van der Waals surface area contributed by atoms with Gasteiger partial charge in [0.15, 0.2) is 0 Å². The molecule has 1 radical (unpaired) electrons. The van der Waals surface area contributed by atoms with E-state index in [1.807, 2.05) is 0 Å². The van der Waals surface area contributed by atoms with Gasteiger partial charge in [0, 0.05) is 25.8 Å². The third-order valence-corrected chi connectivity index (χ3v) is 3.53. The van der Waals surface area contributed by atoms with E-state index >= 15 is 0 Å². The number of hydrogen-bond acceptors (Lipinski definition) is 2. The molecule has 0 spiro atoms. The Hall–Kier alpha value is -1.98. The van der Waals surface area contributed by atoms with Crippen molar-refractivity contribution in [1.82, 2.24) is 14.8 Å². The van der Waals surface area contributed by atoms with Crippen LogP contribution in [0.3, 0.4) is 0 Å². The van der Waals surface area contributed by atoms with Gasteiger partial charge in [-0.15, -0.1) is 41.0 Å². The third kappa shape index (κ3) is 3.28. The maximum atomic E-state index is 13.4. The van der Waals surface area contributed by atoms with Gasteiger partial charge >= 0.3 is 6.18 Å². The molecule has 0 fully saturated rings. The Bertz CT molecular complexity index is 822. The minimum atomic E-state index is -4.60. The first kappa shape index (κ1) is 18.4. The fourth-order valence-electron chi connectivity index (χ4n) is 2.54. The van der Waals surface area contributed by atoms with Crippen molar-refractivity contribution in [3.63, 3.8) is 0 Å². The van der Waals surface area contributed by atoms with Crippen LogP contribution in [-0.4, -0.2) is 14.8 Å².